The van der Waals surface area contributed by atoms with Crippen LogP contribution < -0.4 is 19.7 Å². The van der Waals surface area contributed by atoms with Crippen LogP contribution >= 0.6 is 0 Å². The second-order valence-electron chi connectivity index (χ2n) is 8.24. The van der Waals surface area contributed by atoms with Crippen molar-refractivity contribution < 1.29 is 23.9 Å². The number of carbonyl (C=O) groups is 3. The molecule has 1 saturated heterocycles. The van der Waals surface area contributed by atoms with E-state index in [2.05, 4.69) is 5.32 Å². The van der Waals surface area contributed by atoms with E-state index in [-0.39, 0.29) is 25.7 Å². The van der Waals surface area contributed by atoms with Gasteiger partial charge in [0.2, 0.25) is 12.7 Å². The van der Waals surface area contributed by atoms with Gasteiger partial charge in [-0.2, -0.15) is 0 Å². The van der Waals surface area contributed by atoms with Crippen molar-refractivity contribution in [1.29, 1.82) is 0 Å². The summed E-state index contributed by atoms with van der Waals surface area (Å²) in [4.78, 5) is 42.2. The molecule has 2 heterocycles. The SMILES string of the molecule is Cc1ccc(N2C(=O)[C@@H](CC(=O)Nc3ccccc3)N(Cc3ccc4c(c3)OCO4)C2=O)cc1. The van der Waals surface area contributed by atoms with Gasteiger partial charge < -0.3 is 19.7 Å². The third-order valence-corrected chi connectivity index (χ3v) is 5.84. The number of nitrogens with zero attached hydrogens (tertiary/aromatic N) is 2. The van der Waals surface area contributed by atoms with Crippen LogP contribution in [0.3, 0.4) is 0 Å². The standard InChI is InChI=1S/C26H23N3O5/c1-17-7-10-20(11-8-17)29-25(31)21(14-24(30)27-19-5-3-2-4-6-19)28(26(29)32)15-18-9-12-22-23(13-18)34-16-33-22/h2-13,21H,14-16H2,1H3,(H,27,30)/t21-/m1/s1. The normalized spacial score (nSPS) is 16.8. The van der Waals surface area contributed by atoms with Crippen LogP contribution in [-0.4, -0.2) is 35.6 Å². The Bertz CT molecular complexity index is 1240. The molecule has 2 aliphatic heterocycles. The number of hydrogen-bond donors (Lipinski definition) is 1. The maximum atomic E-state index is 13.4. The van der Waals surface area contributed by atoms with E-state index >= 15 is 0 Å². The number of rotatable bonds is 6. The van der Waals surface area contributed by atoms with Crippen LogP contribution in [0.25, 0.3) is 0 Å². The molecule has 0 radical (unpaired) electrons. The first kappa shape index (κ1) is 21.5. The molecule has 172 valence electrons. The summed E-state index contributed by atoms with van der Waals surface area (Å²) in [7, 11) is 0. The predicted molar refractivity (Wildman–Crippen MR) is 126 cm³/mol. The number of imide groups is 1. The molecule has 5 rings (SSSR count). The Morgan fingerprint density at radius 1 is 0.971 bits per heavy atom. The van der Waals surface area contributed by atoms with Crippen LogP contribution in [0.15, 0.2) is 72.8 Å². The molecule has 1 fully saturated rings. The van der Waals surface area contributed by atoms with Crippen molar-refractivity contribution in [3.63, 3.8) is 0 Å². The van der Waals surface area contributed by atoms with Crippen LogP contribution in [0.1, 0.15) is 17.5 Å². The monoisotopic (exact) mass is 457 g/mol. The van der Waals surface area contributed by atoms with E-state index in [0.29, 0.717) is 22.9 Å². The van der Waals surface area contributed by atoms with E-state index in [1.807, 2.05) is 43.3 Å². The summed E-state index contributed by atoms with van der Waals surface area (Å²) in [5, 5.41) is 2.80. The lowest BCUT2D eigenvalue weighted by Crippen LogP contribution is -2.37. The quantitative estimate of drug-likeness (QED) is 0.564. The molecule has 0 bridgehead atoms. The third kappa shape index (κ3) is 4.17. The third-order valence-electron chi connectivity index (χ3n) is 5.84. The van der Waals surface area contributed by atoms with Crippen LogP contribution in [0.4, 0.5) is 16.2 Å². The summed E-state index contributed by atoms with van der Waals surface area (Å²) in [6, 6.07) is 20.1. The maximum Gasteiger partial charge on any atom is 0.332 e. The van der Waals surface area contributed by atoms with Gasteiger partial charge in [0.15, 0.2) is 11.5 Å². The first-order chi connectivity index (χ1) is 16.5. The molecular formula is C26H23N3O5. The number of amides is 4. The molecule has 8 nitrogen and oxygen atoms in total. The van der Waals surface area contributed by atoms with Crippen molar-refractivity contribution in [1.82, 2.24) is 4.90 Å². The van der Waals surface area contributed by atoms with Gasteiger partial charge in [0, 0.05) is 12.2 Å². The summed E-state index contributed by atoms with van der Waals surface area (Å²) >= 11 is 0. The summed E-state index contributed by atoms with van der Waals surface area (Å²) in [6.45, 7) is 2.22. The van der Waals surface area contributed by atoms with E-state index in [1.165, 1.54) is 4.90 Å². The minimum Gasteiger partial charge on any atom is -0.454 e. The van der Waals surface area contributed by atoms with E-state index in [1.54, 1.807) is 36.4 Å². The van der Waals surface area contributed by atoms with E-state index < -0.39 is 18.0 Å². The Hall–Kier alpha value is -4.33. The first-order valence-corrected chi connectivity index (χ1v) is 10.9. The zero-order valence-electron chi connectivity index (χ0n) is 18.6. The van der Waals surface area contributed by atoms with E-state index in [9.17, 15) is 14.4 Å². The van der Waals surface area contributed by atoms with Crippen molar-refractivity contribution in [3.8, 4) is 11.5 Å². The molecule has 1 atom stereocenters. The highest BCUT2D eigenvalue weighted by Crippen LogP contribution is 2.34. The fourth-order valence-electron chi connectivity index (χ4n) is 4.09. The number of aryl methyl sites for hydroxylation is 1. The highest BCUT2D eigenvalue weighted by atomic mass is 16.7. The predicted octanol–water partition coefficient (Wildman–Crippen LogP) is 4.09. The number of nitrogens with one attached hydrogen (secondary N) is 1. The summed E-state index contributed by atoms with van der Waals surface area (Å²) in [6.07, 6.45) is -0.160. The molecule has 3 aromatic rings. The Kier molecular flexibility index (Phi) is 5.63. The average Bonchev–Trinajstić information content (AvgIpc) is 3.39. The maximum absolute atomic E-state index is 13.4. The number of anilines is 2. The van der Waals surface area contributed by atoms with Crippen molar-refractivity contribution >= 4 is 29.2 Å². The summed E-state index contributed by atoms with van der Waals surface area (Å²) < 4.78 is 10.8. The van der Waals surface area contributed by atoms with Gasteiger partial charge in [0.05, 0.1) is 12.1 Å². The van der Waals surface area contributed by atoms with Gasteiger partial charge >= 0.3 is 6.03 Å². The lowest BCUT2D eigenvalue weighted by molar-refractivity contribution is -0.124. The highest BCUT2D eigenvalue weighted by molar-refractivity contribution is 6.22. The number of benzene rings is 3. The Balaban J connectivity index is 1.42. The number of para-hydroxylation sites is 1. The molecule has 0 unspecified atom stereocenters. The van der Waals surface area contributed by atoms with Gasteiger partial charge in [0.1, 0.15) is 6.04 Å². The number of ether oxygens (including phenoxy) is 2. The largest absolute Gasteiger partial charge is 0.454 e. The zero-order chi connectivity index (χ0) is 23.7. The second kappa shape index (κ2) is 8.90. The molecular weight excluding hydrogens is 434 g/mol. The number of fused-ring (bicyclic) bond motifs is 1. The van der Waals surface area contributed by atoms with Crippen LogP contribution in [0.2, 0.25) is 0 Å². The summed E-state index contributed by atoms with van der Waals surface area (Å²) in [5.74, 6) is 0.438. The van der Waals surface area contributed by atoms with E-state index in [4.69, 9.17) is 9.47 Å². The minimum atomic E-state index is -0.942. The minimum absolute atomic E-state index is 0.142. The number of carbonyl (C=O) groups excluding carboxylic acids is 3. The molecule has 0 spiro atoms. The van der Waals surface area contributed by atoms with Crippen molar-refractivity contribution in [2.45, 2.75) is 25.9 Å². The van der Waals surface area contributed by atoms with Crippen molar-refractivity contribution in [3.05, 3.63) is 83.9 Å². The molecule has 4 amide bonds. The van der Waals surface area contributed by atoms with Gasteiger partial charge in [0.25, 0.3) is 5.91 Å². The van der Waals surface area contributed by atoms with Crippen molar-refractivity contribution in [2.75, 3.05) is 17.0 Å². The van der Waals surface area contributed by atoms with Gasteiger partial charge in [-0.3, -0.25) is 9.59 Å². The molecule has 34 heavy (non-hydrogen) atoms. The molecule has 0 aliphatic carbocycles. The zero-order valence-corrected chi connectivity index (χ0v) is 18.6. The lowest BCUT2D eigenvalue weighted by Gasteiger charge is -2.22. The molecule has 1 N–H and O–H groups in total. The molecule has 2 aliphatic rings. The van der Waals surface area contributed by atoms with Crippen LogP contribution in [-0.2, 0) is 16.1 Å². The average molecular weight is 457 g/mol. The number of hydrogen-bond acceptors (Lipinski definition) is 5. The smallest absolute Gasteiger partial charge is 0.332 e. The van der Waals surface area contributed by atoms with Gasteiger partial charge in [-0.25, -0.2) is 9.69 Å². The van der Waals surface area contributed by atoms with Gasteiger partial charge in [-0.1, -0.05) is 42.0 Å². The second-order valence-corrected chi connectivity index (χ2v) is 8.24. The van der Waals surface area contributed by atoms with Crippen molar-refractivity contribution in [2.24, 2.45) is 0 Å². The highest BCUT2D eigenvalue weighted by Gasteiger charge is 2.46. The molecule has 0 saturated carbocycles. The molecule has 8 heteroatoms. The van der Waals surface area contributed by atoms with Crippen LogP contribution in [0.5, 0.6) is 11.5 Å². The Labute approximate surface area is 196 Å². The Morgan fingerprint density at radius 3 is 2.47 bits per heavy atom. The number of urea groups is 1. The van der Waals surface area contributed by atoms with Gasteiger partial charge in [-0.05, 0) is 48.9 Å². The topological polar surface area (TPSA) is 88.2 Å². The van der Waals surface area contributed by atoms with Gasteiger partial charge in [-0.15, -0.1) is 0 Å². The molecule has 0 aromatic heterocycles. The molecule has 3 aromatic carbocycles. The first-order valence-electron chi connectivity index (χ1n) is 10.9. The van der Waals surface area contributed by atoms with Crippen LogP contribution in [0, 0.1) is 6.92 Å². The summed E-state index contributed by atoms with van der Waals surface area (Å²) in [5.41, 5.74) is 2.88. The van der Waals surface area contributed by atoms with E-state index in [0.717, 1.165) is 16.0 Å². The fourth-order valence-corrected chi connectivity index (χ4v) is 4.09. The Morgan fingerprint density at radius 2 is 1.71 bits per heavy atom. The lowest BCUT2D eigenvalue weighted by atomic mass is 10.1. The fraction of sp³-hybridized carbons (Fsp3) is 0.192.